The van der Waals surface area contributed by atoms with Crippen LogP contribution >= 0.6 is 0 Å². The average molecular weight is 279 g/mol. The molecule has 0 aliphatic carbocycles. The Hall–Kier alpha value is -2.62. The van der Waals surface area contributed by atoms with Crippen LogP contribution < -0.4 is 5.43 Å². The number of amidine groups is 1. The highest BCUT2D eigenvalue weighted by atomic mass is 16.2. The molecule has 2 aromatic carbocycles. The lowest BCUT2D eigenvalue weighted by atomic mass is 10.2. The van der Waals surface area contributed by atoms with Crippen LogP contribution in [0.4, 0.5) is 0 Å². The summed E-state index contributed by atoms with van der Waals surface area (Å²) in [4.78, 5) is 16.9. The molecule has 1 atom stereocenters. The van der Waals surface area contributed by atoms with Crippen LogP contribution in [0.5, 0.6) is 0 Å². The van der Waals surface area contributed by atoms with Gasteiger partial charge in [0.2, 0.25) is 0 Å². The molecule has 21 heavy (non-hydrogen) atoms. The molecule has 0 bridgehead atoms. The van der Waals surface area contributed by atoms with Crippen molar-refractivity contribution in [3.05, 3.63) is 71.8 Å². The highest BCUT2D eigenvalue weighted by molar-refractivity contribution is 6.02. The molecule has 1 aliphatic rings. The number of aliphatic imine (C=N–C) groups is 1. The maximum atomic E-state index is 12.3. The zero-order valence-electron chi connectivity index (χ0n) is 11.9. The first-order valence-corrected chi connectivity index (χ1v) is 7.01. The minimum absolute atomic E-state index is 0.117. The summed E-state index contributed by atoms with van der Waals surface area (Å²) in [5, 5.41) is 1.83. The number of rotatable bonds is 3. The Balaban J connectivity index is 1.79. The highest BCUT2D eigenvalue weighted by Gasteiger charge is 2.25. The fourth-order valence-electron chi connectivity index (χ4n) is 2.36. The van der Waals surface area contributed by atoms with Crippen LogP contribution in [0.3, 0.4) is 0 Å². The standard InChI is InChI=1S/C17H17N3O/c1-13-12-20(16(18-13)14-8-4-2-5-9-14)19-17(21)15-10-6-3-7-11-15/h2-11,13H,12H2,1H3,(H,19,21)/t13-/m0/s1. The number of carbonyl (C=O) groups is 1. The van der Waals surface area contributed by atoms with Crippen molar-refractivity contribution in [3.63, 3.8) is 0 Å². The third-order valence-corrected chi connectivity index (χ3v) is 3.35. The largest absolute Gasteiger partial charge is 0.269 e. The second-order valence-corrected chi connectivity index (χ2v) is 5.09. The van der Waals surface area contributed by atoms with Crippen molar-refractivity contribution in [1.29, 1.82) is 0 Å². The van der Waals surface area contributed by atoms with Gasteiger partial charge >= 0.3 is 0 Å². The highest BCUT2D eigenvalue weighted by Crippen LogP contribution is 2.14. The van der Waals surface area contributed by atoms with E-state index >= 15 is 0 Å². The lowest BCUT2D eigenvalue weighted by Gasteiger charge is -2.21. The van der Waals surface area contributed by atoms with E-state index < -0.39 is 0 Å². The molecule has 0 fully saturated rings. The van der Waals surface area contributed by atoms with Gasteiger partial charge in [-0.15, -0.1) is 0 Å². The second-order valence-electron chi connectivity index (χ2n) is 5.09. The number of carbonyl (C=O) groups excluding carboxylic acids is 1. The quantitative estimate of drug-likeness (QED) is 0.938. The molecule has 4 heteroatoms. The molecule has 1 N–H and O–H groups in total. The van der Waals surface area contributed by atoms with Crippen molar-refractivity contribution < 1.29 is 4.79 Å². The van der Waals surface area contributed by atoms with Gasteiger partial charge < -0.3 is 0 Å². The van der Waals surface area contributed by atoms with Crippen molar-refractivity contribution in [2.24, 2.45) is 4.99 Å². The fourth-order valence-corrected chi connectivity index (χ4v) is 2.36. The minimum atomic E-state index is -0.117. The lowest BCUT2D eigenvalue weighted by Crippen LogP contribution is -2.45. The molecule has 1 amide bonds. The molecule has 3 rings (SSSR count). The summed E-state index contributed by atoms with van der Waals surface area (Å²) in [7, 11) is 0. The minimum Gasteiger partial charge on any atom is -0.267 e. The Morgan fingerprint density at radius 3 is 2.38 bits per heavy atom. The van der Waals surface area contributed by atoms with Crippen LogP contribution in [0.1, 0.15) is 22.8 Å². The van der Waals surface area contributed by atoms with Gasteiger partial charge in [0.05, 0.1) is 12.6 Å². The van der Waals surface area contributed by atoms with E-state index in [1.54, 1.807) is 12.1 Å². The summed E-state index contributed by atoms with van der Waals surface area (Å²) in [6.45, 7) is 2.72. The molecule has 0 saturated carbocycles. The normalized spacial score (nSPS) is 17.5. The smallest absolute Gasteiger partial charge is 0.267 e. The van der Waals surface area contributed by atoms with E-state index in [0.717, 1.165) is 11.4 Å². The topological polar surface area (TPSA) is 44.7 Å². The molecular weight excluding hydrogens is 262 g/mol. The maximum Gasteiger partial charge on any atom is 0.269 e. The molecule has 0 saturated heterocycles. The Morgan fingerprint density at radius 1 is 1.10 bits per heavy atom. The molecule has 1 aliphatic heterocycles. The van der Waals surface area contributed by atoms with E-state index in [1.165, 1.54) is 0 Å². The first-order chi connectivity index (χ1) is 10.2. The Morgan fingerprint density at radius 2 is 1.71 bits per heavy atom. The van der Waals surface area contributed by atoms with Crippen molar-refractivity contribution in [3.8, 4) is 0 Å². The van der Waals surface area contributed by atoms with Crippen LogP contribution in [0.15, 0.2) is 65.7 Å². The van der Waals surface area contributed by atoms with E-state index in [0.29, 0.717) is 12.1 Å². The summed E-state index contributed by atoms with van der Waals surface area (Å²) in [6, 6.07) is 19.3. The number of hydrogen-bond donors (Lipinski definition) is 1. The van der Waals surface area contributed by atoms with E-state index in [9.17, 15) is 4.79 Å². The average Bonchev–Trinajstić information content (AvgIpc) is 2.89. The Kier molecular flexibility index (Phi) is 3.69. The molecule has 106 valence electrons. The van der Waals surface area contributed by atoms with Crippen LogP contribution in [0.25, 0.3) is 0 Å². The second kappa shape index (κ2) is 5.79. The third kappa shape index (κ3) is 2.94. The van der Waals surface area contributed by atoms with E-state index in [1.807, 2.05) is 60.5 Å². The summed E-state index contributed by atoms with van der Waals surface area (Å²) < 4.78 is 0. The Labute approximate surface area is 124 Å². The number of amides is 1. The van der Waals surface area contributed by atoms with Crippen molar-refractivity contribution in [1.82, 2.24) is 10.4 Å². The summed E-state index contributed by atoms with van der Waals surface area (Å²) >= 11 is 0. The maximum absolute atomic E-state index is 12.3. The molecule has 2 aromatic rings. The number of benzene rings is 2. The van der Waals surface area contributed by atoms with Gasteiger partial charge in [-0.25, -0.2) is 0 Å². The molecule has 0 radical (unpaired) electrons. The van der Waals surface area contributed by atoms with Crippen molar-refractivity contribution >= 4 is 11.7 Å². The van der Waals surface area contributed by atoms with Crippen LogP contribution in [-0.4, -0.2) is 29.3 Å². The number of hydrogen-bond acceptors (Lipinski definition) is 3. The zero-order valence-corrected chi connectivity index (χ0v) is 11.9. The number of nitrogens with one attached hydrogen (secondary N) is 1. The number of hydrazine groups is 1. The first-order valence-electron chi connectivity index (χ1n) is 7.01. The molecule has 0 aromatic heterocycles. The Bertz CT molecular complexity index is 652. The molecular formula is C17H17N3O. The van der Waals surface area contributed by atoms with Gasteiger partial charge in [0.15, 0.2) is 0 Å². The van der Waals surface area contributed by atoms with Crippen LogP contribution in [0.2, 0.25) is 0 Å². The van der Waals surface area contributed by atoms with Gasteiger partial charge in [-0.1, -0.05) is 48.5 Å². The van der Waals surface area contributed by atoms with Gasteiger partial charge in [0, 0.05) is 11.1 Å². The fraction of sp³-hybridized carbons (Fsp3) is 0.176. The molecule has 4 nitrogen and oxygen atoms in total. The van der Waals surface area contributed by atoms with E-state index in [4.69, 9.17) is 0 Å². The van der Waals surface area contributed by atoms with E-state index in [2.05, 4.69) is 10.4 Å². The van der Waals surface area contributed by atoms with Crippen LogP contribution in [0, 0.1) is 0 Å². The van der Waals surface area contributed by atoms with Crippen molar-refractivity contribution in [2.75, 3.05) is 6.54 Å². The number of nitrogens with zero attached hydrogens (tertiary/aromatic N) is 2. The predicted molar refractivity (Wildman–Crippen MR) is 83.1 cm³/mol. The molecule has 0 spiro atoms. The van der Waals surface area contributed by atoms with Crippen molar-refractivity contribution in [2.45, 2.75) is 13.0 Å². The monoisotopic (exact) mass is 279 g/mol. The molecule has 0 unspecified atom stereocenters. The first kappa shape index (κ1) is 13.4. The summed E-state index contributed by atoms with van der Waals surface area (Å²) in [5.41, 5.74) is 4.59. The van der Waals surface area contributed by atoms with Gasteiger partial charge in [-0.2, -0.15) is 0 Å². The lowest BCUT2D eigenvalue weighted by molar-refractivity contribution is 0.0875. The summed E-state index contributed by atoms with van der Waals surface area (Å²) in [6.07, 6.45) is 0. The van der Waals surface area contributed by atoms with Crippen LogP contribution in [-0.2, 0) is 0 Å². The summed E-state index contributed by atoms with van der Waals surface area (Å²) in [5.74, 6) is 0.695. The third-order valence-electron chi connectivity index (χ3n) is 3.35. The SMILES string of the molecule is C[C@H]1CN(NC(=O)c2ccccc2)C(c2ccccc2)=N1. The predicted octanol–water partition coefficient (Wildman–Crippen LogP) is 2.48. The van der Waals surface area contributed by atoms with Gasteiger partial charge in [-0.3, -0.25) is 20.2 Å². The van der Waals surface area contributed by atoms with Gasteiger partial charge in [-0.05, 0) is 19.1 Å². The molecule has 1 heterocycles. The zero-order chi connectivity index (χ0) is 14.7. The van der Waals surface area contributed by atoms with Gasteiger partial charge in [0.25, 0.3) is 5.91 Å². The van der Waals surface area contributed by atoms with Gasteiger partial charge in [0.1, 0.15) is 5.84 Å². The van der Waals surface area contributed by atoms with E-state index in [-0.39, 0.29) is 11.9 Å².